The number of nitrogens with zero attached hydrogens (tertiary/aromatic N) is 1. The van der Waals surface area contributed by atoms with E-state index in [4.69, 9.17) is 9.15 Å². The summed E-state index contributed by atoms with van der Waals surface area (Å²) in [6, 6.07) is 19.7. The molecule has 4 aromatic rings. The largest absolute Gasteiger partial charge is 0.497 e. The molecule has 170 valence electrons. The maximum absolute atomic E-state index is 14.3. The van der Waals surface area contributed by atoms with E-state index in [-0.39, 0.29) is 27.3 Å². The van der Waals surface area contributed by atoms with E-state index in [0.29, 0.717) is 13.0 Å². The molecule has 0 aliphatic carbocycles. The van der Waals surface area contributed by atoms with E-state index in [1.165, 1.54) is 30.3 Å². The average Bonchev–Trinajstić information content (AvgIpc) is 3.25. The fraction of sp³-hybridized carbons (Fsp3) is 0.125. The lowest BCUT2D eigenvalue weighted by atomic mass is 10.1. The molecular weight excluding hydrogens is 511 g/mol. The molecule has 0 atom stereocenters. The van der Waals surface area contributed by atoms with Gasteiger partial charge in [-0.2, -0.15) is 4.98 Å². The van der Waals surface area contributed by atoms with Gasteiger partial charge < -0.3 is 14.5 Å². The van der Waals surface area contributed by atoms with Gasteiger partial charge in [0.2, 0.25) is 26.6 Å². The van der Waals surface area contributed by atoms with Crippen LogP contribution in [0.5, 0.6) is 5.75 Å². The summed E-state index contributed by atoms with van der Waals surface area (Å²) < 4.78 is 52.6. The lowest BCUT2D eigenvalue weighted by Crippen LogP contribution is -2.09. The van der Waals surface area contributed by atoms with Crippen molar-refractivity contribution in [2.45, 2.75) is 16.3 Å². The van der Waals surface area contributed by atoms with E-state index in [2.05, 4.69) is 26.2 Å². The van der Waals surface area contributed by atoms with Gasteiger partial charge in [-0.25, -0.2) is 12.8 Å². The predicted molar refractivity (Wildman–Crippen MR) is 127 cm³/mol. The summed E-state index contributed by atoms with van der Waals surface area (Å²) in [6.07, 6.45) is 0.595. The van der Waals surface area contributed by atoms with Crippen molar-refractivity contribution in [3.63, 3.8) is 0 Å². The SMILES string of the molecule is COc1ccc(CCNc2oc(-c3ccccc3F)nc2S(=O)(=O)c2ccc(Br)cc2)cc1. The molecule has 0 saturated heterocycles. The molecule has 0 aliphatic rings. The summed E-state index contributed by atoms with van der Waals surface area (Å²) >= 11 is 3.30. The van der Waals surface area contributed by atoms with E-state index in [0.717, 1.165) is 15.8 Å². The quantitative estimate of drug-likeness (QED) is 0.313. The number of aromatic nitrogens is 1. The van der Waals surface area contributed by atoms with Crippen LogP contribution >= 0.6 is 15.9 Å². The topological polar surface area (TPSA) is 81.4 Å². The first-order chi connectivity index (χ1) is 15.9. The smallest absolute Gasteiger partial charge is 0.233 e. The van der Waals surface area contributed by atoms with Crippen LogP contribution in [0.25, 0.3) is 11.5 Å². The molecule has 0 amide bonds. The van der Waals surface area contributed by atoms with Crippen molar-refractivity contribution in [1.82, 2.24) is 4.98 Å². The highest BCUT2D eigenvalue weighted by molar-refractivity contribution is 9.10. The van der Waals surface area contributed by atoms with Gasteiger partial charge in [-0.3, -0.25) is 0 Å². The minimum Gasteiger partial charge on any atom is -0.497 e. The second kappa shape index (κ2) is 9.76. The Morgan fingerprint density at radius 1 is 1.03 bits per heavy atom. The van der Waals surface area contributed by atoms with Crippen LogP contribution in [0.1, 0.15) is 5.56 Å². The number of oxazole rings is 1. The van der Waals surface area contributed by atoms with Crippen molar-refractivity contribution >= 4 is 31.7 Å². The van der Waals surface area contributed by atoms with Crippen LogP contribution in [-0.2, 0) is 16.3 Å². The third-order valence-corrected chi connectivity index (χ3v) is 7.14. The van der Waals surface area contributed by atoms with E-state index in [1.54, 1.807) is 25.3 Å². The Morgan fingerprint density at radius 2 is 1.73 bits per heavy atom. The van der Waals surface area contributed by atoms with Crippen LogP contribution < -0.4 is 10.1 Å². The van der Waals surface area contributed by atoms with Crippen LogP contribution in [0.4, 0.5) is 10.3 Å². The van der Waals surface area contributed by atoms with Gasteiger partial charge in [0.25, 0.3) is 0 Å². The zero-order chi connectivity index (χ0) is 23.4. The molecule has 33 heavy (non-hydrogen) atoms. The van der Waals surface area contributed by atoms with E-state index in [1.807, 2.05) is 24.3 Å². The monoisotopic (exact) mass is 530 g/mol. The lowest BCUT2D eigenvalue weighted by Gasteiger charge is -2.07. The van der Waals surface area contributed by atoms with Crippen molar-refractivity contribution in [3.05, 3.63) is 88.6 Å². The third-order valence-electron chi connectivity index (χ3n) is 4.94. The summed E-state index contributed by atoms with van der Waals surface area (Å²) in [4.78, 5) is 4.23. The molecule has 0 aliphatic heterocycles. The Bertz CT molecular complexity index is 1350. The highest BCUT2D eigenvalue weighted by Gasteiger charge is 2.29. The predicted octanol–water partition coefficient (Wildman–Crippen LogP) is 5.74. The van der Waals surface area contributed by atoms with Gasteiger partial charge in [-0.1, -0.05) is 40.2 Å². The second-order valence-electron chi connectivity index (χ2n) is 7.12. The van der Waals surface area contributed by atoms with Gasteiger partial charge in [-0.05, 0) is 60.5 Å². The molecule has 9 heteroatoms. The minimum atomic E-state index is -4.02. The van der Waals surface area contributed by atoms with E-state index in [9.17, 15) is 12.8 Å². The zero-order valence-electron chi connectivity index (χ0n) is 17.6. The molecule has 0 saturated carbocycles. The fourth-order valence-electron chi connectivity index (χ4n) is 3.19. The second-order valence-corrected chi connectivity index (χ2v) is 9.90. The Hall–Kier alpha value is -3.17. The van der Waals surface area contributed by atoms with Gasteiger partial charge in [0.1, 0.15) is 11.6 Å². The van der Waals surface area contributed by atoms with Crippen LogP contribution in [-0.4, -0.2) is 27.1 Å². The number of nitrogens with one attached hydrogen (secondary N) is 1. The standard InChI is InChI=1S/C24H20BrFN2O4S/c1-31-18-10-6-16(7-11-18)14-15-27-23-24(33(29,30)19-12-8-17(25)9-13-19)28-22(32-23)20-4-2-3-5-21(20)26/h2-13,27H,14-15H2,1H3. The van der Waals surface area contributed by atoms with Crippen LogP contribution in [0.2, 0.25) is 0 Å². The highest BCUT2D eigenvalue weighted by Crippen LogP contribution is 2.33. The Balaban J connectivity index is 1.66. The lowest BCUT2D eigenvalue weighted by molar-refractivity contribution is 0.414. The molecule has 0 spiro atoms. The summed E-state index contributed by atoms with van der Waals surface area (Å²) in [7, 11) is -2.42. The number of anilines is 1. The van der Waals surface area contributed by atoms with Crippen LogP contribution in [0.3, 0.4) is 0 Å². The number of hydrogen-bond donors (Lipinski definition) is 1. The summed E-state index contributed by atoms with van der Waals surface area (Å²) in [5.41, 5.74) is 1.10. The molecule has 1 heterocycles. The van der Waals surface area contributed by atoms with Crippen molar-refractivity contribution in [3.8, 4) is 17.2 Å². The van der Waals surface area contributed by atoms with Crippen LogP contribution in [0, 0.1) is 5.82 Å². The number of rotatable bonds is 8. The van der Waals surface area contributed by atoms with Crippen LogP contribution in [0.15, 0.2) is 91.6 Å². The Kier molecular flexibility index (Phi) is 6.80. The zero-order valence-corrected chi connectivity index (χ0v) is 20.0. The molecule has 1 N–H and O–H groups in total. The molecule has 3 aromatic carbocycles. The summed E-state index contributed by atoms with van der Waals surface area (Å²) in [5.74, 6) is 0.0379. The fourth-order valence-corrected chi connectivity index (χ4v) is 4.73. The minimum absolute atomic E-state index is 0.0373. The van der Waals surface area contributed by atoms with Gasteiger partial charge in [0.15, 0.2) is 0 Å². The van der Waals surface area contributed by atoms with Crippen molar-refractivity contribution < 1.29 is 22.0 Å². The maximum atomic E-state index is 14.3. The number of sulfone groups is 1. The first-order valence-electron chi connectivity index (χ1n) is 10.0. The molecule has 0 unspecified atom stereocenters. The maximum Gasteiger partial charge on any atom is 0.233 e. The van der Waals surface area contributed by atoms with Gasteiger partial charge >= 0.3 is 0 Å². The summed E-state index contributed by atoms with van der Waals surface area (Å²) in [5, 5.41) is 2.72. The van der Waals surface area contributed by atoms with Gasteiger partial charge in [-0.15, -0.1) is 0 Å². The molecule has 4 rings (SSSR count). The molecule has 0 bridgehead atoms. The van der Waals surface area contributed by atoms with Crippen molar-refractivity contribution in [1.29, 1.82) is 0 Å². The number of methoxy groups -OCH3 is 1. The molecular formula is C24H20BrFN2O4S. The van der Waals surface area contributed by atoms with Crippen molar-refractivity contribution in [2.24, 2.45) is 0 Å². The Labute approximate surface area is 199 Å². The van der Waals surface area contributed by atoms with E-state index < -0.39 is 15.7 Å². The molecule has 0 radical (unpaired) electrons. The number of ether oxygens (including phenoxy) is 1. The number of hydrogen-bond acceptors (Lipinski definition) is 6. The highest BCUT2D eigenvalue weighted by atomic mass is 79.9. The number of halogens is 2. The Morgan fingerprint density at radius 3 is 2.39 bits per heavy atom. The normalized spacial score (nSPS) is 11.4. The number of benzene rings is 3. The van der Waals surface area contributed by atoms with Gasteiger partial charge in [0, 0.05) is 11.0 Å². The first-order valence-corrected chi connectivity index (χ1v) is 12.3. The summed E-state index contributed by atoms with van der Waals surface area (Å²) in [6.45, 7) is 0.376. The molecule has 6 nitrogen and oxygen atoms in total. The van der Waals surface area contributed by atoms with Gasteiger partial charge in [0.05, 0.1) is 17.6 Å². The van der Waals surface area contributed by atoms with Crippen molar-refractivity contribution in [2.75, 3.05) is 19.0 Å². The first kappa shape index (κ1) is 23.0. The third kappa shape index (κ3) is 5.09. The molecule has 0 fully saturated rings. The molecule has 1 aromatic heterocycles. The van der Waals surface area contributed by atoms with E-state index >= 15 is 0 Å². The average molecular weight is 531 g/mol.